The second-order valence-corrected chi connectivity index (χ2v) is 9.16. The van der Waals surface area contributed by atoms with Crippen LogP contribution in [0.25, 0.3) is 0 Å². The van der Waals surface area contributed by atoms with Gasteiger partial charge in [-0.25, -0.2) is 4.39 Å². The lowest BCUT2D eigenvalue weighted by atomic mass is 10.0. The van der Waals surface area contributed by atoms with Gasteiger partial charge in [-0.3, -0.25) is 9.59 Å². The lowest BCUT2D eigenvalue weighted by molar-refractivity contribution is -0.143. The minimum atomic E-state index is -0.854. The molecule has 0 aliphatic rings. The van der Waals surface area contributed by atoms with Gasteiger partial charge in [-0.1, -0.05) is 66.7 Å². The number of ether oxygens (including phenoxy) is 1. The number of amides is 2. The summed E-state index contributed by atoms with van der Waals surface area (Å²) in [6, 6.07) is 23.9. The van der Waals surface area contributed by atoms with Crippen molar-refractivity contribution in [2.75, 3.05) is 6.61 Å². The van der Waals surface area contributed by atoms with Gasteiger partial charge < -0.3 is 15.0 Å². The van der Waals surface area contributed by atoms with Crippen molar-refractivity contribution >= 4 is 11.8 Å². The van der Waals surface area contributed by atoms with Crippen molar-refractivity contribution in [1.29, 1.82) is 0 Å². The van der Waals surface area contributed by atoms with Crippen LogP contribution in [-0.2, 0) is 22.6 Å². The van der Waals surface area contributed by atoms with Crippen molar-refractivity contribution in [3.63, 3.8) is 0 Å². The highest BCUT2D eigenvalue weighted by atomic mass is 19.1. The van der Waals surface area contributed by atoms with E-state index in [0.717, 1.165) is 5.56 Å². The molecule has 0 fully saturated rings. The molecule has 178 valence electrons. The summed E-state index contributed by atoms with van der Waals surface area (Å²) in [5.74, 6) is -0.600. The highest BCUT2D eigenvalue weighted by Crippen LogP contribution is 2.18. The molecule has 34 heavy (non-hydrogen) atoms. The first-order valence-corrected chi connectivity index (χ1v) is 11.3. The molecule has 2 amide bonds. The topological polar surface area (TPSA) is 58.6 Å². The van der Waals surface area contributed by atoms with Gasteiger partial charge in [-0.2, -0.15) is 0 Å². The third-order valence-electron chi connectivity index (χ3n) is 5.17. The molecule has 0 spiro atoms. The summed E-state index contributed by atoms with van der Waals surface area (Å²) in [5, 5.41) is 2.98. The summed E-state index contributed by atoms with van der Waals surface area (Å²) in [5.41, 5.74) is 0.725. The minimum absolute atomic E-state index is 0.0568. The number of rotatable bonds is 9. The number of carbonyl (C=O) groups is 2. The standard InChI is InChI=1S/C28H31FN2O3/c1-28(2,3)30-27(33)25(18-21-12-6-4-7-13-21)31(19-22-14-10-11-17-24(22)29)26(32)20-34-23-15-8-5-9-16-23/h4-17,25H,18-20H2,1-3H3,(H,30,33). The average Bonchev–Trinajstić information content (AvgIpc) is 2.81. The Morgan fingerprint density at radius 3 is 2.12 bits per heavy atom. The first-order chi connectivity index (χ1) is 16.2. The molecule has 0 radical (unpaired) electrons. The summed E-state index contributed by atoms with van der Waals surface area (Å²) in [6.07, 6.45) is 0.286. The van der Waals surface area contributed by atoms with Gasteiger partial charge in [-0.05, 0) is 44.5 Å². The fourth-order valence-corrected chi connectivity index (χ4v) is 3.56. The van der Waals surface area contributed by atoms with Crippen LogP contribution in [-0.4, -0.2) is 34.9 Å². The maximum atomic E-state index is 14.6. The molecule has 3 aromatic carbocycles. The van der Waals surface area contributed by atoms with Crippen LogP contribution in [0.2, 0.25) is 0 Å². The van der Waals surface area contributed by atoms with Gasteiger partial charge in [0.05, 0.1) is 0 Å². The second-order valence-electron chi connectivity index (χ2n) is 9.16. The van der Waals surface area contributed by atoms with Crippen LogP contribution in [0, 0.1) is 5.82 Å². The van der Waals surface area contributed by atoms with Gasteiger partial charge in [0.1, 0.15) is 17.6 Å². The number of hydrogen-bond donors (Lipinski definition) is 1. The molecule has 0 aromatic heterocycles. The van der Waals surface area contributed by atoms with E-state index in [9.17, 15) is 14.0 Å². The summed E-state index contributed by atoms with van der Waals surface area (Å²) >= 11 is 0. The van der Waals surface area contributed by atoms with E-state index in [4.69, 9.17) is 4.74 Å². The minimum Gasteiger partial charge on any atom is -0.484 e. The van der Waals surface area contributed by atoms with E-state index in [-0.39, 0.29) is 25.5 Å². The maximum Gasteiger partial charge on any atom is 0.261 e. The predicted octanol–water partition coefficient (Wildman–Crippen LogP) is 4.76. The molecule has 5 nitrogen and oxygen atoms in total. The fourth-order valence-electron chi connectivity index (χ4n) is 3.56. The third-order valence-corrected chi connectivity index (χ3v) is 5.17. The first kappa shape index (κ1) is 25.0. The number of halogens is 1. The molecule has 1 unspecified atom stereocenters. The molecule has 0 bridgehead atoms. The molecule has 0 saturated carbocycles. The lowest BCUT2D eigenvalue weighted by Gasteiger charge is -2.33. The summed E-state index contributed by atoms with van der Waals surface area (Å²) in [7, 11) is 0. The van der Waals surface area contributed by atoms with Crippen LogP contribution in [0.3, 0.4) is 0 Å². The van der Waals surface area contributed by atoms with Crippen LogP contribution < -0.4 is 10.1 Å². The number of carbonyl (C=O) groups excluding carboxylic acids is 2. The van der Waals surface area contributed by atoms with Gasteiger partial charge in [-0.15, -0.1) is 0 Å². The van der Waals surface area contributed by atoms with Crippen LogP contribution in [0.1, 0.15) is 31.9 Å². The number of benzene rings is 3. The zero-order valence-electron chi connectivity index (χ0n) is 19.8. The van der Waals surface area contributed by atoms with Gasteiger partial charge in [0.2, 0.25) is 5.91 Å². The van der Waals surface area contributed by atoms with E-state index in [1.54, 1.807) is 30.3 Å². The van der Waals surface area contributed by atoms with Gasteiger partial charge in [0, 0.05) is 24.1 Å². The van der Waals surface area contributed by atoms with E-state index in [1.165, 1.54) is 11.0 Å². The lowest BCUT2D eigenvalue weighted by Crippen LogP contribution is -2.55. The van der Waals surface area contributed by atoms with Gasteiger partial charge >= 0.3 is 0 Å². The molecule has 3 rings (SSSR count). The molecule has 0 heterocycles. The maximum absolute atomic E-state index is 14.6. The SMILES string of the molecule is CC(C)(C)NC(=O)C(Cc1ccccc1)N(Cc1ccccc1F)C(=O)COc1ccccc1. The number of hydrogen-bond acceptors (Lipinski definition) is 3. The highest BCUT2D eigenvalue weighted by molar-refractivity contribution is 5.89. The highest BCUT2D eigenvalue weighted by Gasteiger charge is 2.32. The van der Waals surface area contributed by atoms with E-state index in [0.29, 0.717) is 11.3 Å². The van der Waals surface area contributed by atoms with Crippen molar-refractivity contribution in [1.82, 2.24) is 10.2 Å². The zero-order valence-corrected chi connectivity index (χ0v) is 19.8. The summed E-state index contributed by atoms with van der Waals surface area (Å²) in [6.45, 7) is 5.31. The Balaban J connectivity index is 1.94. The van der Waals surface area contributed by atoms with Crippen LogP contribution in [0.15, 0.2) is 84.9 Å². The molecule has 0 aliphatic carbocycles. The average molecular weight is 463 g/mol. The zero-order chi connectivity index (χ0) is 24.6. The van der Waals surface area contributed by atoms with E-state index in [2.05, 4.69) is 5.32 Å². The number of nitrogens with one attached hydrogen (secondary N) is 1. The Bertz CT molecular complexity index is 1080. The first-order valence-electron chi connectivity index (χ1n) is 11.3. The van der Waals surface area contributed by atoms with Gasteiger partial charge in [0.15, 0.2) is 6.61 Å². The Morgan fingerprint density at radius 1 is 0.912 bits per heavy atom. The third kappa shape index (κ3) is 7.44. The Morgan fingerprint density at radius 2 is 1.50 bits per heavy atom. The van der Waals surface area contributed by atoms with Crippen LogP contribution in [0.4, 0.5) is 4.39 Å². The van der Waals surface area contributed by atoms with E-state index < -0.39 is 23.3 Å². The number of nitrogens with zero attached hydrogens (tertiary/aromatic N) is 1. The summed E-state index contributed by atoms with van der Waals surface area (Å²) < 4.78 is 20.2. The Kier molecular flexibility index (Phi) is 8.41. The fraction of sp³-hybridized carbons (Fsp3) is 0.286. The van der Waals surface area contributed by atoms with Crippen molar-refractivity contribution in [3.05, 3.63) is 102 Å². The second kappa shape index (κ2) is 11.5. The summed E-state index contributed by atoms with van der Waals surface area (Å²) in [4.78, 5) is 28.3. The van der Waals surface area contributed by atoms with E-state index >= 15 is 0 Å². The van der Waals surface area contributed by atoms with Crippen molar-refractivity contribution in [2.45, 2.75) is 45.3 Å². The molecule has 1 N–H and O–H groups in total. The smallest absolute Gasteiger partial charge is 0.261 e. The van der Waals surface area contributed by atoms with Crippen molar-refractivity contribution in [2.24, 2.45) is 0 Å². The van der Waals surface area contributed by atoms with Crippen molar-refractivity contribution in [3.8, 4) is 5.75 Å². The predicted molar refractivity (Wildman–Crippen MR) is 131 cm³/mol. The molecule has 1 atom stereocenters. The van der Waals surface area contributed by atoms with Gasteiger partial charge in [0.25, 0.3) is 5.91 Å². The monoisotopic (exact) mass is 462 g/mol. The molecule has 6 heteroatoms. The quantitative estimate of drug-likeness (QED) is 0.499. The van der Waals surface area contributed by atoms with E-state index in [1.807, 2.05) is 69.3 Å². The van der Waals surface area contributed by atoms with Crippen LogP contribution in [0.5, 0.6) is 5.75 Å². The molecule has 0 aliphatic heterocycles. The molecule has 0 saturated heterocycles. The molecular formula is C28H31FN2O3. The van der Waals surface area contributed by atoms with Crippen LogP contribution >= 0.6 is 0 Å². The Hall–Kier alpha value is -3.67. The Labute approximate surface area is 200 Å². The molecule has 3 aromatic rings. The number of para-hydroxylation sites is 1. The van der Waals surface area contributed by atoms with Crippen molar-refractivity contribution < 1.29 is 18.7 Å². The largest absolute Gasteiger partial charge is 0.484 e. The normalized spacial score (nSPS) is 12.0. The molecular weight excluding hydrogens is 431 g/mol.